The predicted octanol–water partition coefficient (Wildman–Crippen LogP) is 10.5. The fourth-order valence-electron chi connectivity index (χ4n) is 17.8. The molecule has 90 heavy (non-hydrogen) atoms. The van der Waals surface area contributed by atoms with E-state index >= 15 is 17.6 Å². The third-order valence-corrected chi connectivity index (χ3v) is 22.2. The summed E-state index contributed by atoms with van der Waals surface area (Å²) in [6.07, 6.45) is 27.3. The van der Waals surface area contributed by atoms with Crippen LogP contribution in [-0.4, -0.2) is 152 Å². The molecule has 4 bridgehead atoms. The van der Waals surface area contributed by atoms with E-state index in [1.165, 1.54) is 42.6 Å². The third kappa shape index (κ3) is 9.24. The molecule has 9 atom stereocenters. The van der Waals surface area contributed by atoms with E-state index in [2.05, 4.69) is 61.2 Å². The number of phenols is 2. The van der Waals surface area contributed by atoms with Gasteiger partial charge in [0.15, 0.2) is 11.6 Å². The molecule has 10 heterocycles. The molecule has 2 saturated carbocycles. The van der Waals surface area contributed by atoms with Crippen molar-refractivity contribution in [1.82, 2.24) is 50.3 Å². The first kappa shape index (κ1) is 57.0. The van der Waals surface area contributed by atoms with Gasteiger partial charge in [0.05, 0.1) is 35.1 Å². The summed E-state index contributed by atoms with van der Waals surface area (Å²) >= 11 is 0. The highest BCUT2D eigenvalue weighted by Gasteiger charge is 2.52. The maximum atomic E-state index is 18.0. The van der Waals surface area contributed by atoms with Gasteiger partial charge in [0.1, 0.15) is 57.2 Å². The second-order valence-corrected chi connectivity index (χ2v) is 27.1. The Balaban J connectivity index is 0.737. The number of pyridine rings is 2. The van der Waals surface area contributed by atoms with E-state index in [1.807, 2.05) is 0 Å². The molecule has 4 N–H and O–H groups in total. The average molecular weight is 1220 g/mol. The second kappa shape index (κ2) is 21.8. The molecule has 16 rings (SSSR count). The summed E-state index contributed by atoms with van der Waals surface area (Å²) in [5.41, 5.74) is 0.00220. The highest BCUT2D eigenvalue weighted by molar-refractivity contribution is 6.05. The Bertz CT molecular complexity index is 4360. The van der Waals surface area contributed by atoms with E-state index in [0.717, 1.165) is 77.3 Å². The standard InChI is InChI=1S/C70H70F4N12O4/c1-5-46-54(71)15-10-38-23-44(87)26-50(57(38)46)61-59(73)64-53(29-75-61)66(86-33-42-13-14-43(34-86)78-42)82-68(80-64)90-36-69-19-16-37(24-56(69)83(3)22-20-69)48-28-55(72)47(6-2)58-49(48)25-45(88)27-51(58)62-60(74)63-52(30-76-62)65(85-31-40-11-12-41(32-85)77-40)81-67(79-63)89-35-39-9-7-17-70(39)18-8-21-84(70)4/h1-2,10,15,23,25-30,37,39-43,56,77-78,87-88H,7-9,11-14,16-22,24,31-36H2,3-4H3. The van der Waals surface area contributed by atoms with Gasteiger partial charge in [0.2, 0.25) is 0 Å². The van der Waals surface area contributed by atoms with Crippen LogP contribution < -0.4 is 29.9 Å². The van der Waals surface area contributed by atoms with Crippen LogP contribution in [0.3, 0.4) is 0 Å². The van der Waals surface area contributed by atoms with Gasteiger partial charge in [-0.25, -0.2) is 17.6 Å². The Morgan fingerprint density at radius 3 is 1.83 bits per heavy atom. The molecule has 8 aromatic rings. The van der Waals surface area contributed by atoms with Crippen LogP contribution >= 0.6 is 0 Å². The van der Waals surface area contributed by atoms with E-state index in [-0.39, 0.29) is 133 Å². The summed E-state index contributed by atoms with van der Waals surface area (Å²) in [5, 5.41) is 32.2. The van der Waals surface area contributed by atoms with Gasteiger partial charge in [-0.3, -0.25) is 9.97 Å². The van der Waals surface area contributed by atoms with Crippen molar-refractivity contribution in [3.8, 4) is 70.7 Å². The van der Waals surface area contributed by atoms with Crippen LogP contribution in [0.5, 0.6) is 23.5 Å². The fraction of sp³-hybridized carbons (Fsp3) is 0.457. The molecule has 1 spiro atoms. The Kier molecular flexibility index (Phi) is 13.8. The Morgan fingerprint density at radius 2 is 1.22 bits per heavy atom. The molecule has 0 amide bonds. The normalized spacial score (nSPS) is 27.4. The molecule has 16 nitrogen and oxygen atoms in total. The number of piperazine rings is 2. The van der Waals surface area contributed by atoms with E-state index in [0.29, 0.717) is 90.8 Å². The number of hydrogen-bond donors (Lipinski definition) is 4. The molecular weight excluding hydrogens is 1150 g/mol. The molecule has 0 radical (unpaired) electrons. The minimum Gasteiger partial charge on any atom is -0.508 e. The monoisotopic (exact) mass is 1220 g/mol. The van der Waals surface area contributed by atoms with Crippen molar-refractivity contribution in [2.45, 2.75) is 125 Å². The fourth-order valence-corrected chi connectivity index (χ4v) is 17.8. The van der Waals surface area contributed by atoms with Crippen molar-refractivity contribution < 1.29 is 37.2 Å². The minimum atomic E-state index is -0.807. The number of likely N-dealkylation sites (tertiary alicyclic amines) is 2. The summed E-state index contributed by atoms with van der Waals surface area (Å²) in [6.45, 7) is 4.98. The number of benzene rings is 4. The van der Waals surface area contributed by atoms with Crippen molar-refractivity contribution in [2.75, 3.05) is 76.4 Å². The van der Waals surface area contributed by atoms with Crippen molar-refractivity contribution in [3.05, 3.63) is 94.8 Å². The number of aromatic hydroxyl groups is 2. The molecule has 4 aromatic carbocycles. The van der Waals surface area contributed by atoms with Gasteiger partial charge < -0.3 is 49.9 Å². The lowest BCUT2D eigenvalue weighted by Gasteiger charge is -2.44. The highest BCUT2D eigenvalue weighted by atomic mass is 19.1. The predicted molar refractivity (Wildman–Crippen MR) is 337 cm³/mol. The van der Waals surface area contributed by atoms with Crippen molar-refractivity contribution in [2.24, 2.45) is 11.3 Å². The van der Waals surface area contributed by atoms with Crippen molar-refractivity contribution in [3.63, 3.8) is 0 Å². The largest absolute Gasteiger partial charge is 0.508 e. The molecular formula is C70H70F4N12O4. The van der Waals surface area contributed by atoms with Crippen LogP contribution in [-0.2, 0) is 0 Å². The van der Waals surface area contributed by atoms with E-state index in [1.54, 1.807) is 12.3 Å². The highest BCUT2D eigenvalue weighted by Crippen LogP contribution is 2.54. The molecule has 462 valence electrons. The summed E-state index contributed by atoms with van der Waals surface area (Å²) in [6, 6.07) is 10.9. The summed E-state index contributed by atoms with van der Waals surface area (Å²) in [4.78, 5) is 38.2. The van der Waals surface area contributed by atoms with Gasteiger partial charge in [-0.15, -0.1) is 12.8 Å². The van der Waals surface area contributed by atoms with Gasteiger partial charge >= 0.3 is 12.0 Å². The first-order valence-electron chi connectivity index (χ1n) is 32.0. The Hall–Kier alpha value is -8.14. The zero-order valence-corrected chi connectivity index (χ0v) is 50.4. The molecule has 8 fully saturated rings. The van der Waals surface area contributed by atoms with E-state index in [9.17, 15) is 10.2 Å². The number of aromatic nitrogens is 6. The molecule has 4 aromatic heterocycles. The van der Waals surface area contributed by atoms with Gasteiger partial charge in [-0.1, -0.05) is 24.3 Å². The van der Waals surface area contributed by atoms with Crippen LogP contribution in [0.1, 0.15) is 106 Å². The van der Waals surface area contributed by atoms with Gasteiger partial charge in [0.25, 0.3) is 0 Å². The Labute approximate surface area is 518 Å². The molecule has 2 aliphatic carbocycles. The van der Waals surface area contributed by atoms with E-state index < -0.39 is 28.7 Å². The van der Waals surface area contributed by atoms with Gasteiger partial charge in [-0.2, -0.15) is 19.9 Å². The van der Waals surface area contributed by atoms with E-state index in [4.69, 9.17) is 47.2 Å². The number of nitrogens with zero attached hydrogens (tertiary/aromatic N) is 10. The molecule has 6 aliphatic heterocycles. The summed E-state index contributed by atoms with van der Waals surface area (Å²) < 4.78 is 81.4. The third-order valence-electron chi connectivity index (χ3n) is 22.2. The molecule has 9 unspecified atom stereocenters. The first-order chi connectivity index (χ1) is 43.7. The smallest absolute Gasteiger partial charge is 0.319 e. The topological polar surface area (TPSA) is 173 Å². The number of nitrogens with one attached hydrogen (secondary N) is 2. The van der Waals surface area contributed by atoms with Crippen LogP contribution in [0.2, 0.25) is 0 Å². The van der Waals surface area contributed by atoms with Gasteiger partial charge in [-0.05, 0) is 163 Å². The lowest BCUT2D eigenvalue weighted by molar-refractivity contribution is 0.0475. The summed E-state index contributed by atoms with van der Waals surface area (Å²) in [5.74, 6) is 2.83. The number of terminal acetylenes is 2. The number of phenolic OH excluding ortho intramolecular Hbond substituents is 2. The number of rotatable bonds is 11. The maximum Gasteiger partial charge on any atom is 0.319 e. The molecule has 6 saturated heterocycles. The quantitative estimate of drug-likeness (QED) is 0.0711. The summed E-state index contributed by atoms with van der Waals surface area (Å²) in [7, 11) is 4.27. The zero-order chi connectivity index (χ0) is 61.5. The van der Waals surface area contributed by atoms with Crippen LogP contribution in [0.4, 0.5) is 29.2 Å². The lowest BCUT2D eigenvalue weighted by Crippen LogP contribution is -2.51. The maximum absolute atomic E-state index is 18.0. The minimum absolute atomic E-state index is 0.0162. The first-order valence-corrected chi connectivity index (χ1v) is 32.0. The zero-order valence-electron chi connectivity index (χ0n) is 50.4. The number of ether oxygens (including phenoxy) is 2. The number of halogens is 4. The molecule has 20 heteroatoms. The average Bonchev–Trinajstić information content (AvgIpc) is 1.19. The van der Waals surface area contributed by atoms with Crippen LogP contribution in [0, 0.1) is 59.3 Å². The number of anilines is 2. The molecule has 8 aliphatic rings. The second-order valence-electron chi connectivity index (χ2n) is 27.1. The number of fused-ring (bicyclic) bond motifs is 9. The lowest BCUT2D eigenvalue weighted by atomic mass is 9.65. The SMILES string of the molecule is C#Cc1c(F)ccc2cc(O)cc(-c3ncc4c(N5CC6CCC(C5)N6)nc(OCC56CCC(c7cc(F)c(C#C)c8c(-c9ncc%10c(N%11CC%12CCC(C%11)N%12)nc(OCC%11CCCC%11%12CCCN%12C)nc%10c9F)cc(O)cc78)CC5N(C)CC6)nc4c3F)c12. The van der Waals surface area contributed by atoms with Crippen molar-refractivity contribution in [1.29, 1.82) is 0 Å². The van der Waals surface area contributed by atoms with Crippen molar-refractivity contribution >= 4 is 55.0 Å². The van der Waals surface area contributed by atoms with Crippen LogP contribution in [0.15, 0.2) is 54.9 Å². The number of hydrogen-bond acceptors (Lipinski definition) is 16. The van der Waals surface area contributed by atoms with Gasteiger partial charge in [0, 0.05) is 108 Å². The Morgan fingerprint density at radius 1 is 0.633 bits per heavy atom. The van der Waals surface area contributed by atoms with Crippen LogP contribution in [0.25, 0.3) is 65.9 Å².